The number of benzene rings is 3. The number of amides is 1. The van der Waals surface area contributed by atoms with E-state index in [4.69, 9.17) is 9.47 Å². The number of anilines is 1. The highest BCUT2D eigenvalue weighted by Gasteiger charge is 2.48. The first-order valence-electron chi connectivity index (χ1n) is 12.7. The van der Waals surface area contributed by atoms with Crippen molar-refractivity contribution < 1.29 is 24.2 Å². The number of thioether (sulfide) groups is 1. The SMILES string of the molecule is C=CCOc1ccc(C2/C(=C(/O)c3ccc(OC)cc3)C(=O)C(=O)N2c2nnc(SCc3ccc(C)cc3)s2)cc1. The lowest BCUT2D eigenvalue weighted by molar-refractivity contribution is -0.132. The van der Waals surface area contributed by atoms with Crippen LogP contribution in [-0.4, -0.2) is 40.7 Å². The minimum absolute atomic E-state index is 0.0380. The van der Waals surface area contributed by atoms with Gasteiger partial charge in [0.1, 0.15) is 23.9 Å². The average Bonchev–Trinajstić information content (AvgIpc) is 3.57. The highest BCUT2D eigenvalue weighted by Crippen LogP contribution is 2.44. The Balaban J connectivity index is 1.52. The summed E-state index contributed by atoms with van der Waals surface area (Å²) in [6, 6.07) is 20.9. The summed E-state index contributed by atoms with van der Waals surface area (Å²) in [5, 5.41) is 20.2. The van der Waals surface area contributed by atoms with Crippen molar-refractivity contribution in [1.29, 1.82) is 0 Å². The van der Waals surface area contributed by atoms with Gasteiger partial charge in [-0.05, 0) is 54.4 Å². The zero-order chi connectivity index (χ0) is 28.9. The lowest BCUT2D eigenvalue weighted by atomic mass is 9.95. The van der Waals surface area contributed by atoms with Crippen molar-refractivity contribution in [3.8, 4) is 11.5 Å². The van der Waals surface area contributed by atoms with E-state index >= 15 is 0 Å². The van der Waals surface area contributed by atoms with Crippen molar-refractivity contribution in [3.63, 3.8) is 0 Å². The first-order valence-corrected chi connectivity index (χ1v) is 14.5. The summed E-state index contributed by atoms with van der Waals surface area (Å²) in [5.74, 6) is -0.00266. The van der Waals surface area contributed by atoms with Crippen LogP contribution in [0.3, 0.4) is 0 Å². The second-order valence-corrected chi connectivity index (χ2v) is 11.4. The average molecular weight is 586 g/mol. The molecular weight excluding hydrogens is 558 g/mol. The molecule has 0 spiro atoms. The summed E-state index contributed by atoms with van der Waals surface area (Å²) < 4.78 is 11.5. The van der Waals surface area contributed by atoms with Crippen LogP contribution in [0.2, 0.25) is 0 Å². The molecule has 8 nitrogen and oxygen atoms in total. The second-order valence-electron chi connectivity index (χ2n) is 9.19. The molecule has 1 fully saturated rings. The molecular formula is C31H27N3O5S2. The van der Waals surface area contributed by atoms with E-state index in [-0.39, 0.29) is 16.5 Å². The fourth-order valence-corrected chi connectivity index (χ4v) is 6.16. The first-order chi connectivity index (χ1) is 19.9. The van der Waals surface area contributed by atoms with Crippen molar-refractivity contribution in [1.82, 2.24) is 10.2 Å². The van der Waals surface area contributed by atoms with Gasteiger partial charge in [0.25, 0.3) is 5.78 Å². The molecule has 3 aromatic carbocycles. The van der Waals surface area contributed by atoms with E-state index in [0.717, 1.165) is 5.56 Å². The van der Waals surface area contributed by atoms with Crippen LogP contribution in [0.4, 0.5) is 5.13 Å². The topological polar surface area (TPSA) is 102 Å². The number of methoxy groups -OCH3 is 1. The number of carbonyl (C=O) groups excluding carboxylic acids is 2. The van der Waals surface area contributed by atoms with Gasteiger partial charge in [0.15, 0.2) is 4.34 Å². The summed E-state index contributed by atoms with van der Waals surface area (Å²) >= 11 is 2.72. The molecule has 5 rings (SSSR count). The van der Waals surface area contributed by atoms with Crippen molar-refractivity contribution >= 4 is 45.7 Å². The number of ether oxygens (including phenoxy) is 2. The number of ketones is 1. The molecule has 0 aliphatic carbocycles. The van der Waals surface area contributed by atoms with Crippen LogP contribution in [0.25, 0.3) is 5.76 Å². The van der Waals surface area contributed by atoms with E-state index < -0.39 is 17.7 Å². The zero-order valence-corrected chi connectivity index (χ0v) is 24.1. The molecule has 10 heteroatoms. The summed E-state index contributed by atoms with van der Waals surface area (Å²) in [6.07, 6.45) is 1.64. The van der Waals surface area contributed by atoms with E-state index in [9.17, 15) is 14.7 Å². The van der Waals surface area contributed by atoms with Gasteiger partial charge in [0, 0.05) is 11.3 Å². The van der Waals surface area contributed by atoms with Gasteiger partial charge in [-0.2, -0.15) is 0 Å². The predicted molar refractivity (Wildman–Crippen MR) is 161 cm³/mol. The molecule has 1 aliphatic heterocycles. The Hall–Kier alpha value is -4.41. The number of Topliss-reactive ketones (excluding diaryl/α,β-unsaturated/α-hetero) is 1. The Morgan fingerprint density at radius 1 is 1.02 bits per heavy atom. The van der Waals surface area contributed by atoms with Crippen molar-refractivity contribution in [3.05, 3.63) is 113 Å². The number of aryl methyl sites for hydroxylation is 1. The standard InChI is InChI=1S/C31H27N3O5S2/c1-4-17-39-24-15-9-21(10-16-24)26-25(27(35)22-11-13-23(38-3)14-12-22)28(36)29(37)34(26)30-32-33-31(41-30)40-18-20-7-5-19(2)6-8-20/h4-16,26,35H,1,17-18H2,2-3H3/b27-25-. The monoisotopic (exact) mass is 585 g/mol. The number of nitrogens with zero attached hydrogens (tertiary/aromatic N) is 3. The predicted octanol–water partition coefficient (Wildman–Crippen LogP) is 6.34. The number of aromatic nitrogens is 2. The largest absolute Gasteiger partial charge is 0.507 e. The third-order valence-electron chi connectivity index (χ3n) is 6.46. The smallest absolute Gasteiger partial charge is 0.301 e. The van der Waals surface area contributed by atoms with Gasteiger partial charge in [0.2, 0.25) is 5.13 Å². The quantitative estimate of drug-likeness (QED) is 0.0575. The molecule has 2 heterocycles. The molecule has 208 valence electrons. The van der Waals surface area contributed by atoms with E-state index in [1.807, 2.05) is 6.92 Å². The van der Waals surface area contributed by atoms with Crippen molar-refractivity contribution in [2.45, 2.75) is 23.1 Å². The summed E-state index contributed by atoms with van der Waals surface area (Å²) in [7, 11) is 1.54. The number of hydrogen-bond donors (Lipinski definition) is 1. The minimum Gasteiger partial charge on any atom is -0.507 e. The lowest BCUT2D eigenvalue weighted by Gasteiger charge is -2.22. The van der Waals surface area contributed by atoms with Crippen LogP contribution in [0.15, 0.2) is 95.4 Å². The third-order valence-corrected chi connectivity index (χ3v) is 8.58. The first kappa shape index (κ1) is 28.1. The highest BCUT2D eigenvalue weighted by molar-refractivity contribution is 8.00. The highest BCUT2D eigenvalue weighted by atomic mass is 32.2. The van der Waals surface area contributed by atoms with Crippen LogP contribution < -0.4 is 14.4 Å². The van der Waals surface area contributed by atoms with Gasteiger partial charge < -0.3 is 14.6 Å². The van der Waals surface area contributed by atoms with E-state index in [2.05, 4.69) is 41.0 Å². The molecule has 1 N–H and O–H groups in total. The van der Waals surface area contributed by atoms with Crippen LogP contribution in [0.1, 0.15) is 28.3 Å². The van der Waals surface area contributed by atoms with Crippen molar-refractivity contribution in [2.24, 2.45) is 0 Å². The lowest BCUT2D eigenvalue weighted by Crippen LogP contribution is -2.29. The fourth-order valence-electron chi connectivity index (χ4n) is 4.34. The van der Waals surface area contributed by atoms with E-state index in [1.54, 1.807) is 54.6 Å². The van der Waals surface area contributed by atoms with Gasteiger partial charge >= 0.3 is 5.91 Å². The third kappa shape index (κ3) is 6.03. The Morgan fingerprint density at radius 2 is 1.71 bits per heavy atom. The van der Waals surface area contributed by atoms with Gasteiger partial charge in [-0.1, -0.05) is 77.7 Å². The second kappa shape index (κ2) is 12.4. The number of aliphatic hydroxyl groups excluding tert-OH is 1. The molecule has 0 saturated carbocycles. The number of carbonyl (C=O) groups is 2. The normalized spacial score (nSPS) is 16.1. The molecule has 1 aromatic heterocycles. The molecule has 1 aliphatic rings. The van der Waals surface area contributed by atoms with Gasteiger partial charge in [-0.15, -0.1) is 10.2 Å². The van der Waals surface area contributed by atoms with Gasteiger partial charge in [-0.3, -0.25) is 14.5 Å². The molecule has 1 atom stereocenters. The van der Waals surface area contributed by atoms with Crippen LogP contribution >= 0.6 is 23.1 Å². The van der Waals surface area contributed by atoms with Gasteiger partial charge in [0.05, 0.1) is 18.7 Å². The Morgan fingerprint density at radius 3 is 2.37 bits per heavy atom. The maximum Gasteiger partial charge on any atom is 0.301 e. The molecule has 1 unspecified atom stereocenters. The molecule has 1 saturated heterocycles. The summed E-state index contributed by atoms with van der Waals surface area (Å²) in [5.41, 5.74) is 3.27. The van der Waals surface area contributed by atoms with Crippen LogP contribution in [0.5, 0.6) is 11.5 Å². The Labute approximate surface area is 246 Å². The fraction of sp³-hybridized carbons (Fsp3) is 0.161. The maximum absolute atomic E-state index is 13.5. The molecule has 1 amide bonds. The Kier molecular flexibility index (Phi) is 8.51. The molecule has 41 heavy (non-hydrogen) atoms. The zero-order valence-electron chi connectivity index (χ0n) is 22.4. The van der Waals surface area contributed by atoms with E-state index in [1.165, 1.54) is 40.7 Å². The molecule has 0 bridgehead atoms. The number of rotatable bonds is 10. The van der Waals surface area contributed by atoms with Crippen molar-refractivity contribution in [2.75, 3.05) is 18.6 Å². The van der Waals surface area contributed by atoms with E-state index in [0.29, 0.717) is 39.3 Å². The maximum atomic E-state index is 13.5. The Bertz CT molecular complexity index is 1600. The van der Waals surface area contributed by atoms with Crippen LogP contribution in [-0.2, 0) is 15.3 Å². The number of aliphatic hydroxyl groups is 1. The molecule has 4 aromatic rings. The summed E-state index contributed by atoms with van der Waals surface area (Å²) in [6.45, 7) is 6.03. The number of hydrogen-bond acceptors (Lipinski definition) is 9. The summed E-state index contributed by atoms with van der Waals surface area (Å²) in [4.78, 5) is 28.2. The van der Waals surface area contributed by atoms with Crippen LogP contribution in [0, 0.1) is 6.92 Å². The minimum atomic E-state index is -0.923. The van der Waals surface area contributed by atoms with Gasteiger partial charge in [-0.25, -0.2) is 0 Å². The molecule has 0 radical (unpaired) electrons.